The molecule has 4 heteroatoms. The van der Waals surface area contributed by atoms with E-state index in [1.54, 1.807) is 14.2 Å². The van der Waals surface area contributed by atoms with Crippen LogP contribution in [0, 0.1) is 6.92 Å². The molecule has 0 spiro atoms. The lowest BCUT2D eigenvalue weighted by molar-refractivity contribution is -0.121. The number of nitrogens with one attached hydrogen (secondary N) is 1. The second-order valence-corrected chi connectivity index (χ2v) is 6.92. The average molecular weight is 355 g/mol. The largest absolute Gasteiger partial charge is 0.497 e. The molecular weight excluding hydrogens is 326 g/mol. The Balaban J connectivity index is 2.11. The zero-order valence-corrected chi connectivity index (χ0v) is 16.6. The van der Waals surface area contributed by atoms with E-state index in [0.29, 0.717) is 12.3 Å². The van der Waals surface area contributed by atoms with Crippen molar-refractivity contribution in [3.8, 4) is 11.5 Å². The average Bonchev–Trinajstić information content (AvgIpc) is 2.61. The second kappa shape index (κ2) is 8.75. The van der Waals surface area contributed by atoms with Gasteiger partial charge in [-0.1, -0.05) is 26.0 Å². The molecule has 26 heavy (non-hydrogen) atoms. The monoisotopic (exact) mass is 355 g/mol. The summed E-state index contributed by atoms with van der Waals surface area (Å²) >= 11 is 0. The van der Waals surface area contributed by atoms with Crippen LogP contribution in [-0.2, 0) is 11.2 Å². The molecule has 0 saturated carbocycles. The molecule has 0 fully saturated rings. The number of hydrogen-bond acceptors (Lipinski definition) is 3. The molecule has 0 aliphatic heterocycles. The topological polar surface area (TPSA) is 47.6 Å². The first kappa shape index (κ1) is 19.8. The normalized spacial score (nSPS) is 12.0. The lowest BCUT2D eigenvalue weighted by Gasteiger charge is -2.21. The van der Waals surface area contributed by atoms with Crippen LogP contribution in [0.5, 0.6) is 11.5 Å². The molecule has 2 rings (SSSR count). The summed E-state index contributed by atoms with van der Waals surface area (Å²) in [5.74, 6) is 2.05. The van der Waals surface area contributed by atoms with Crippen LogP contribution in [-0.4, -0.2) is 20.1 Å². The van der Waals surface area contributed by atoms with Gasteiger partial charge in [0.1, 0.15) is 11.5 Å². The third-order valence-corrected chi connectivity index (χ3v) is 4.61. The van der Waals surface area contributed by atoms with Gasteiger partial charge in [0, 0.05) is 0 Å². The SMILES string of the molecule is COc1ccc(CC(=O)N[C@H](C)c2cc(C(C)C)c(OC)cc2C)cc1. The minimum absolute atomic E-state index is 0.00369. The van der Waals surface area contributed by atoms with E-state index in [9.17, 15) is 4.79 Å². The van der Waals surface area contributed by atoms with E-state index < -0.39 is 0 Å². The number of aryl methyl sites for hydroxylation is 1. The first-order chi connectivity index (χ1) is 12.3. The Morgan fingerprint density at radius 1 is 1.00 bits per heavy atom. The van der Waals surface area contributed by atoms with Crippen LogP contribution >= 0.6 is 0 Å². The zero-order chi connectivity index (χ0) is 19.3. The maximum Gasteiger partial charge on any atom is 0.224 e. The van der Waals surface area contributed by atoms with Crippen LogP contribution in [0.3, 0.4) is 0 Å². The molecule has 1 amide bonds. The van der Waals surface area contributed by atoms with Crippen molar-refractivity contribution in [2.45, 2.75) is 46.1 Å². The number of methoxy groups -OCH3 is 2. The molecule has 140 valence electrons. The van der Waals surface area contributed by atoms with Gasteiger partial charge in [0.15, 0.2) is 0 Å². The third-order valence-electron chi connectivity index (χ3n) is 4.61. The zero-order valence-electron chi connectivity index (χ0n) is 16.6. The highest BCUT2D eigenvalue weighted by atomic mass is 16.5. The molecule has 2 aromatic carbocycles. The van der Waals surface area contributed by atoms with E-state index in [1.165, 1.54) is 0 Å². The summed E-state index contributed by atoms with van der Waals surface area (Å²) in [4.78, 5) is 12.4. The summed E-state index contributed by atoms with van der Waals surface area (Å²) in [5.41, 5.74) is 4.36. The summed E-state index contributed by atoms with van der Waals surface area (Å²) in [6.07, 6.45) is 0.348. The molecular formula is C22H29NO3. The van der Waals surface area contributed by atoms with Crippen LogP contribution < -0.4 is 14.8 Å². The van der Waals surface area contributed by atoms with E-state index >= 15 is 0 Å². The number of ether oxygens (including phenoxy) is 2. The van der Waals surface area contributed by atoms with E-state index in [1.807, 2.05) is 38.1 Å². The molecule has 0 aliphatic carbocycles. The van der Waals surface area contributed by atoms with Gasteiger partial charge in [0.2, 0.25) is 5.91 Å². The summed E-state index contributed by atoms with van der Waals surface area (Å²) < 4.78 is 10.7. The molecule has 0 aliphatic rings. The smallest absolute Gasteiger partial charge is 0.224 e. The number of carbonyl (C=O) groups excluding carboxylic acids is 1. The van der Waals surface area contributed by atoms with Gasteiger partial charge in [0.25, 0.3) is 0 Å². The Bertz CT molecular complexity index is 751. The number of amides is 1. The maximum atomic E-state index is 12.4. The van der Waals surface area contributed by atoms with Crippen molar-refractivity contribution in [1.82, 2.24) is 5.32 Å². The molecule has 0 heterocycles. The fourth-order valence-corrected chi connectivity index (χ4v) is 3.11. The van der Waals surface area contributed by atoms with Gasteiger partial charge in [0.05, 0.1) is 26.7 Å². The number of benzene rings is 2. The summed E-state index contributed by atoms with van der Waals surface area (Å²) in [5, 5.41) is 3.11. The maximum absolute atomic E-state index is 12.4. The van der Waals surface area contributed by atoms with Gasteiger partial charge in [-0.05, 0) is 66.3 Å². The minimum Gasteiger partial charge on any atom is -0.497 e. The van der Waals surface area contributed by atoms with Gasteiger partial charge in [-0.3, -0.25) is 4.79 Å². The summed E-state index contributed by atoms with van der Waals surface area (Å²) in [7, 11) is 3.33. The molecule has 0 radical (unpaired) electrons. The van der Waals surface area contributed by atoms with E-state index in [4.69, 9.17) is 9.47 Å². The summed E-state index contributed by atoms with van der Waals surface area (Å²) in [6.45, 7) is 8.35. The van der Waals surface area contributed by atoms with Crippen molar-refractivity contribution in [2.75, 3.05) is 14.2 Å². The highest BCUT2D eigenvalue weighted by Gasteiger charge is 2.17. The van der Waals surface area contributed by atoms with E-state index in [2.05, 4.69) is 31.3 Å². The van der Waals surface area contributed by atoms with E-state index in [-0.39, 0.29) is 11.9 Å². The number of rotatable bonds is 7. The Labute approximate surface area is 156 Å². The summed E-state index contributed by atoms with van der Waals surface area (Å²) in [6, 6.07) is 11.7. The van der Waals surface area contributed by atoms with Crippen molar-refractivity contribution in [1.29, 1.82) is 0 Å². The van der Waals surface area contributed by atoms with Gasteiger partial charge in [-0.25, -0.2) is 0 Å². The molecule has 1 N–H and O–H groups in total. The fraction of sp³-hybridized carbons (Fsp3) is 0.409. The van der Waals surface area contributed by atoms with Crippen LogP contribution in [0.25, 0.3) is 0 Å². The van der Waals surface area contributed by atoms with Crippen LogP contribution in [0.2, 0.25) is 0 Å². The molecule has 4 nitrogen and oxygen atoms in total. The third kappa shape index (κ3) is 4.78. The van der Waals surface area contributed by atoms with Crippen LogP contribution in [0.1, 0.15) is 55.0 Å². The highest BCUT2D eigenvalue weighted by Crippen LogP contribution is 2.32. The molecule has 2 aromatic rings. The van der Waals surface area contributed by atoms with Crippen molar-refractivity contribution in [3.05, 3.63) is 58.7 Å². The predicted octanol–water partition coefficient (Wildman–Crippen LogP) is 4.56. The number of hydrogen-bond donors (Lipinski definition) is 1. The molecule has 0 aromatic heterocycles. The Hall–Kier alpha value is -2.49. The predicted molar refractivity (Wildman–Crippen MR) is 105 cm³/mol. The quantitative estimate of drug-likeness (QED) is 0.792. The van der Waals surface area contributed by atoms with Crippen LogP contribution in [0.15, 0.2) is 36.4 Å². The standard InChI is InChI=1S/C22H29NO3/c1-14(2)19-13-20(15(3)11-21(19)26-6)16(4)23-22(24)12-17-7-9-18(25-5)10-8-17/h7-11,13-14,16H,12H2,1-6H3,(H,23,24)/t16-/m1/s1. The van der Waals surface area contributed by atoms with Gasteiger partial charge >= 0.3 is 0 Å². The second-order valence-electron chi connectivity index (χ2n) is 6.92. The van der Waals surface area contributed by atoms with Gasteiger partial charge < -0.3 is 14.8 Å². The number of carbonyl (C=O) groups is 1. The Morgan fingerprint density at radius 2 is 1.65 bits per heavy atom. The van der Waals surface area contributed by atoms with Crippen molar-refractivity contribution in [3.63, 3.8) is 0 Å². The molecule has 1 atom stereocenters. The first-order valence-electron chi connectivity index (χ1n) is 8.96. The van der Waals surface area contributed by atoms with Gasteiger partial charge in [-0.15, -0.1) is 0 Å². The lowest BCUT2D eigenvalue weighted by atomic mass is 9.93. The van der Waals surface area contributed by atoms with Crippen LogP contribution in [0.4, 0.5) is 0 Å². The van der Waals surface area contributed by atoms with Crippen molar-refractivity contribution >= 4 is 5.91 Å². The molecule has 0 saturated heterocycles. The van der Waals surface area contributed by atoms with Gasteiger partial charge in [-0.2, -0.15) is 0 Å². The lowest BCUT2D eigenvalue weighted by Crippen LogP contribution is -2.28. The molecule has 0 bridgehead atoms. The van der Waals surface area contributed by atoms with Crippen molar-refractivity contribution in [2.24, 2.45) is 0 Å². The minimum atomic E-state index is -0.0656. The molecule has 0 unspecified atom stereocenters. The first-order valence-corrected chi connectivity index (χ1v) is 8.96. The Morgan fingerprint density at radius 3 is 2.19 bits per heavy atom. The fourth-order valence-electron chi connectivity index (χ4n) is 3.11. The van der Waals surface area contributed by atoms with Crippen molar-refractivity contribution < 1.29 is 14.3 Å². The highest BCUT2D eigenvalue weighted by molar-refractivity contribution is 5.79. The van der Waals surface area contributed by atoms with E-state index in [0.717, 1.165) is 33.8 Å². The Kier molecular flexibility index (Phi) is 6.67.